The van der Waals surface area contributed by atoms with Gasteiger partial charge in [-0.3, -0.25) is 9.69 Å². The quantitative estimate of drug-likeness (QED) is 0.856. The molecule has 7 heteroatoms. The number of hydrogen-bond donors (Lipinski definition) is 1. The second-order valence-electron chi connectivity index (χ2n) is 6.71. The molecular formula is C20H20ClFN2O3. The van der Waals surface area contributed by atoms with E-state index in [0.29, 0.717) is 18.9 Å². The third kappa shape index (κ3) is 4.01. The van der Waals surface area contributed by atoms with Crippen LogP contribution < -0.4 is 14.8 Å². The number of ether oxygens (including phenoxy) is 2. The average molecular weight is 391 g/mol. The fraction of sp³-hybridized carbons (Fsp3) is 0.350. The molecule has 4 rings (SSSR count). The van der Waals surface area contributed by atoms with Crippen LogP contribution in [-0.4, -0.2) is 37.1 Å². The van der Waals surface area contributed by atoms with Gasteiger partial charge < -0.3 is 14.8 Å². The average Bonchev–Trinajstić information content (AvgIpc) is 3.12. The lowest BCUT2D eigenvalue weighted by Gasteiger charge is -2.26. The van der Waals surface area contributed by atoms with E-state index in [0.717, 1.165) is 36.4 Å². The topological polar surface area (TPSA) is 50.8 Å². The fourth-order valence-electron chi connectivity index (χ4n) is 3.62. The summed E-state index contributed by atoms with van der Waals surface area (Å²) in [5.41, 5.74) is 1.61. The second-order valence-corrected chi connectivity index (χ2v) is 7.12. The van der Waals surface area contributed by atoms with Crippen molar-refractivity contribution in [2.24, 2.45) is 0 Å². The molecule has 2 heterocycles. The molecule has 1 amide bonds. The summed E-state index contributed by atoms with van der Waals surface area (Å²) in [5.74, 6) is 0.867. The third-order valence-corrected chi connectivity index (χ3v) is 5.15. The Kier molecular flexibility index (Phi) is 5.18. The van der Waals surface area contributed by atoms with Crippen molar-refractivity contribution in [2.75, 3.05) is 31.6 Å². The van der Waals surface area contributed by atoms with Crippen molar-refractivity contribution in [1.29, 1.82) is 0 Å². The molecule has 0 bridgehead atoms. The van der Waals surface area contributed by atoms with Gasteiger partial charge in [0.05, 0.1) is 11.6 Å². The number of carbonyl (C=O) groups is 1. The summed E-state index contributed by atoms with van der Waals surface area (Å²) < 4.78 is 24.5. The Morgan fingerprint density at radius 3 is 2.81 bits per heavy atom. The molecule has 1 saturated heterocycles. The molecule has 0 aromatic heterocycles. The van der Waals surface area contributed by atoms with Gasteiger partial charge >= 0.3 is 0 Å². The number of likely N-dealkylation sites (tertiary alicyclic amines) is 1. The van der Waals surface area contributed by atoms with Crippen LogP contribution >= 0.6 is 11.6 Å². The van der Waals surface area contributed by atoms with Gasteiger partial charge in [0.1, 0.15) is 19.0 Å². The normalized spacial score (nSPS) is 19.1. The molecule has 27 heavy (non-hydrogen) atoms. The first kappa shape index (κ1) is 18.1. The summed E-state index contributed by atoms with van der Waals surface area (Å²) >= 11 is 5.77. The minimum Gasteiger partial charge on any atom is -0.486 e. The van der Waals surface area contributed by atoms with E-state index >= 15 is 0 Å². The van der Waals surface area contributed by atoms with E-state index < -0.39 is 5.82 Å². The molecule has 0 saturated carbocycles. The SMILES string of the molecule is O=C(CN1CCCC1c1ccc2c(c1)OCCO2)Nc1ccc(F)c(Cl)c1. The van der Waals surface area contributed by atoms with Gasteiger partial charge in [-0.2, -0.15) is 0 Å². The molecule has 5 nitrogen and oxygen atoms in total. The standard InChI is InChI=1S/C20H20ClFN2O3/c21-15-11-14(4-5-16(15)22)23-20(25)12-24-7-1-2-17(24)13-3-6-18-19(10-13)27-9-8-26-18/h3-6,10-11,17H,1-2,7-9,12H2,(H,23,25). The Morgan fingerprint density at radius 2 is 2.00 bits per heavy atom. The number of rotatable bonds is 4. The van der Waals surface area contributed by atoms with Crippen molar-refractivity contribution in [2.45, 2.75) is 18.9 Å². The number of fused-ring (bicyclic) bond motifs is 1. The molecular weight excluding hydrogens is 371 g/mol. The van der Waals surface area contributed by atoms with E-state index in [2.05, 4.69) is 10.2 Å². The van der Waals surface area contributed by atoms with E-state index in [1.807, 2.05) is 18.2 Å². The van der Waals surface area contributed by atoms with E-state index in [4.69, 9.17) is 21.1 Å². The highest BCUT2D eigenvalue weighted by atomic mass is 35.5. The van der Waals surface area contributed by atoms with Gasteiger partial charge in [0.2, 0.25) is 5.91 Å². The maximum absolute atomic E-state index is 13.3. The number of anilines is 1. The van der Waals surface area contributed by atoms with E-state index in [9.17, 15) is 9.18 Å². The maximum atomic E-state index is 13.3. The fourth-order valence-corrected chi connectivity index (χ4v) is 3.80. The Labute approximate surface area is 162 Å². The van der Waals surface area contributed by atoms with Crippen LogP contribution in [0.1, 0.15) is 24.4 Å². The van der Waals surface area contributed by atoms with Crippen molar-refractivity contribution >= 4 is 23.2 Å². The number of halogens is 2. The largest absolute Gasteiger partial charge is 0.486 e. The Hall–Kier alpha value is -2.31. The van der Waals surface area contributed by atoms with Crippen LogP contribution in [0.25, 0.3) is 0 Å². The van der Waals surface area contributed by atoms with Gasteiger partial charge in [0.15, 0.2) is 11.5 Å². The number of benzene rings is 2. The third-order valence-electron chi connectivity index (χ3n) is 4.86. The summed E-state index contributed by atoms with van der Waals surface area (Å²) in [6, 6.07) is 10.3. The molecule has 0 spiro atoms. The number of carbonyl (C=O) groups excluding carboxylic acids is 1. The van der Waals surface area contributed by atoms with E-state index in [1.54, 1.807) is 0 Å². The molecule has 2 aliphatic rings. The first-order chi connectivity index (χ1) is 13.1. The number of amides is 1. The summed E-state index contributed by atoms with van der Waals surface area (Å²) in [6.07, 6.45) is 2.00. The van der Waals surface area contributed by atoms with Gasteiger partial charge in [0.25, 0.3) is 0 Å². The van der Waals surface area contributed by atoms with Crippen LogP contribution in [0.5, 0.6) is 11.5 Å². The molecule has 0 radical (unpaired) electrons. The smallest absolute Gasteiger partial charge is 0.238 e. The van der Waals surface area contributed by atoms with Gasteiger partial charge in [-0.15, -0.1) is 0 Å². The minimum absolute atomic E-state index is 0.0110. The zero-order valence-electron chi connectivity index (χ0n) is 14.7. The Morgan fingerprint density at radius 1 is 1.19 bits per heavy atom. The Bertz CT molecular complexity index is 861. The van der Waals surface area contributed by atoms with Gasteiger partial charge in [-0.25, -0.2) is 4.39 Å². The van der Waals surface area contributed by atoms with Gasteiger partial charge in [0, 0.05) is 11.7 Å². The van der Waals surface area contributed by atoms with E-state index in [1.165, 1.54) is 18.2 Å². The molecule has 0 aliphatic carbocycles. The first-order valence-corrected chi connectivity index (χ1v) is 9.36. The highest BCUT2D eigenvalue weighted by molar-refractivity contribution is 6.31. The van der Waals surface area contributed by atoms with Crippen LogP contribution in [0, 0.1) is 5.82 Å². The Balaban J connectivity index is 1.43. The van der Waals surface area contributed by atoms with Gasteiger partial charge in [-0.05, 0) is 55.3 Å². The van der Waals surface area contributed by atoms with Crippen LogP contribution in [0.3, 0.4) is 0 Å². The summed E-state index contributed by atoms with van der Waals surface area (Å²) in [6.45, 7) is 2.22. The summed E-state index contributed by atoms with van der Waals surface area (Å²) in [4.78, 5) is 14.6. The van der Waals surface area contributed by atoms with Crippen molar-refractivity contribution in [3.05, 3.63) is 52.8 Å². The van der Waals surface area contributed by atoms with Crippen LogP contribution in [0.4, 0.5) is 10.1 Å². The number of nitrogens with one attached hydrogen (secondary N) is 1. The highest BCUT2D eigenvalue weighted by Gasteiger charge is 2.28. The van der Waals surface area contributed by atoms with Crippen molar-refractivity contribution in [3.63, 3.8) is 0 Å². The van der Waals surface area contributed by atoms with Crippen molar-refractivity contribution < 1.29 is 18.7 Å². The van der Waals surface area contributed by atoms with Crippen molar-refractivity contribution in [1.82, 2.24) is 4.90 Å². The second kappa shape index (κ2) is 7.74. The monoisotopic (exact) mass is 390 g/mol. The predicted octanol–water partition coefficient (Wildman–Crippen LogP) is 4.03. The van der Waals surface area contributed by atoms with Crippen molar-refractivity contribution in [3.8, 4) is 11.5 Å². The van der Waals surface area contributed by atoms with Crippen LogP contribution in [0.15, 0.2) is 36.4 Å². The molecule has 1 N–H and O–H groups in total. The summed E-state index contributed by atoms with van der Waals surface area (Å²) in [5, 5.41) is 2.77. The molecule has 142 valence electrons. The lowest BCUT2D eigenvalue weighted by molar-refractivity contribution is -0.117. The lowest BCUT2D eigenvalue weighted by Crippen LogP contribution is -2.33. The van der Waals surface area contributed by atoms with Crippen LogP contribution in [0.2, 0.25) is 5.02 Å². The summed E-state index contributed by atoms with van der Waals surface area (Å²) in [7, 11) is 0. The zero-order chi connectivity index (χ0) is 18.8. The minimum atomic E-state index is -0.507. The molecule has 2 aromatic carbocycles. The zero-order valence-corrected chi connectivity index (χ0v) is 15.5. The van der Waals surface area contributed by atoms with E-state index in [-0.39, 0.29) is 23.5 Å². The molecule has 1 fully saturated rings. The molecule has 1 atom stereocenters. The first-order valence-electron chi connectivity index (χ1n) is 8.98. The molecule has 2 aliphatic heterocycles. The van der Waals surface area contributed by atoms with Gasteiger partial charge in [-0.1, -0.05) is 17.7 Å². The number of nitrogens with zero attached hydrogens (tertiary/aromatic N) is 1. The highest BCUT2D eigenvalue weighted by Crippen LogP contribution is 2.37. The van der Waals surface area contributed by atoms with Crippen LogP contribution in [-0.2, 0) is 4.79 Å². The molecule has 2 aromatic rings. The number of hydrogen-bond acceptors (Lipinski definition) is 4. The molecule has 1 unspecified atom stereocenters. The lowest BCUT2D eigenvalue weighted by atomic mass is 10.0. The predicted molar refractivity (Wildman–Crippen MR) is 101 cm³/mol. The maximum Gasteiger partial charge on any atom is 0.238 e.